The number of pyridine rings is 1. The Hall–Kier alpha value is -2.18. The molecule has 2 N–H and O–H groups in total. The van der Waals surface area contributed by atoms with E-state index in [1.54, 1.807) is 0 Å². The van der Waals surface area contributed by atoms with Crippen LogP contribution in [0.25, 0.3) is 0 Å². The van der Waals surface area contributed by atoms with E-state index in [1.807, 2.05) is 4.90 Å². The molecular formula is C12H17N5O2. The van der Waals surface area contributed by atoms with Gasteiger partial charge in [-0.3, -0.25) is 10.1 Å². The van der Waals surface area contributed by atoms with Crippen LogP contribution in [0.2, 0.25) is 0 Å². The predicted molar refractivity (Wildman–Crippen MR) is 72.2 cm³/mol. The van der Waals surface area contributed by atoms with Gasteiger partial charge in [0.1, 0.15) is 0 Å². The first kappa shape index (κ1) is 13.3. The van der Waals surface area contributed by atoms with E-state index in [2.05, 4.69) is 16.9 Å². The van der Waals surface area contributed by atoms with E-state index in [9.17, 15) is 10.1 Å². The van der Waals surface area contributed by atoms with Crippen molar-refractivity contribution in [2.45, 2.75) is 32.2 Å². The monoisotopic (exact) mass is 263 g/mol. The maximum atomic E-state index is 10.9. The number of guanidine groups is 1. The van der Waals surface area contributed by atoms with Crippen molar-refractivity contribution in [1.29, 1.82) is 0 Å². The Kier molecular flexibility index (Phi) is 3.94. The molecule has 1 aromatic heterocycles. The summed E-state index contributed by atoms with van der Waals surface area (Å²) in [5, 5.41) is 10.9. The third-order valence-corrected chi connectivity index (χ3v) is 3.28. The minimum Gasteiger partial charge on any atom is -0.369 e. The standard InChI is InChI=1S/C12H17N5O2/c1-9-5-2-3-8-16(9)12(13)15-11-10(17(18)19)6-4-7-14-11/h4,6-7,9H,2-3,5,8H2,1H3,(H2,13,14,15)/t9-/m0/s1. The molecule has 0 radical (unpaired) electrons. The highest BCUT2D eigenvalue weighted by molar-refractivity contribution is 5.82. The molecular weight excluding hydrogens is 246 g/mol. The van der Waals surface area contributed by atoms with E-state index < -0.39 is 4.92 Å². The van der Waals surface area contributed by atoms with Gasteiger partial charge < -0.3 is 10.6 Å². The first-order chi connectivity index (χ1) is 9.09. The molecule has 0 bridgehead atoms. The molecule has 7 heteroatoms. The lowest BCUT2D eigenvalue weighted by Gasteiger charge is -2.34. The van der Waals surface area contributed by atoms with Gasteiger partial charge in [-0.05, 0) is 32.3 Å². The summed E-state index contributed by atoms with van der Waals surface area (Å²) in [6.07, 6.45) is 4.76. The number of nitrogens with two attached hydrogens (primary N) is 1. The number of hydrogen-bond acceptors (Lipinski definition) is 4. The summed E-state index contributed by atoms with van der Waals surface area (Å²) < 4.78 is 0. The summed E-state index contributed by atoms with van der Waals surface area (Å²) in [5.74, 6) is 0.358. The maximum absolute atomic E-state index is 10.9. The fraction of sp³-hybridized carbons (Fsp3) is 0.500. The smallest absolute Gasteiger partial charge is 0.313 e. The molecule has 0 aromatic carbocycles. The second-order valence-electron chi connectivity index (χ2n) is 4.61. The number of aliphatic imine (C=N–C) groups is 1. The van der Waals surface area contributed by atoms with Gasteiger partial charge in [0.05, 0.1) is 4.92 Å². The molecule has 1 aliphatic heterocycles. The highest BCUT2D eigenvalue weighted by Crippen LogP contribution is 2.24. The van der Waals surface area contributed by atoms with E-state index in [0.717, 1.165) is 19.4 Å². The van der Waals surface area contributed by atoms with Crippen LogP contribution in [-0.2, 0) is 0 Å². The molecule has 19 heavy (non-hydrogen) atoms. The Morgan fingerprint density at radius 1 is 1.63 bits per heavy atom. The quantitative estimate of drug-likeness (QED) is 0.380. The number of aromatic nitrogens is 1. The molecule has 7 nitrogen and oxygen atoms in total. The Morgan fingerprint density at radius 3 is 3.11 bits per heavy atom. The van der Waals surface area contributed by atoms with Crippen molar-refractivity contribution >= 4 is 17.5 Å². The SMILES string of the molecule is C[C@H]1CCCCN1C(N)=Nc1ncccc1[N+](=O)[O-]. The van der Waals surface area contributed by atoms with Crippen LogP contribution < -0.4 is 5.73 Å². The van der Waals surface area contributed by atoms with Crippen LogP contribution in [0.15, 0.2) is 23.3 Å². The van der Waals surface area contributed by atoms with Crippen molar-refractivity contribution in [1.82, 2.24) is 9.88 Å². The maximum Gasteiger partial charge on any atom is 0.313 e. The molecule has 2 rings (SSSR count). The minimum absolute atomic E-state index is 0.0581. The number of nitrogens with zero attached hydrogens (tertiary/aromatic N) is 4. The van der Waals surface area contributed by atoms with Gasteiger partial charge in [-0.1, -0.05) is 0 Å². The molecule has 1 aliphatic rings. The normalized spacial score (nSPS) is 20.4. The molecule has 0 unspecified atom stereocenters. The predicted octanol–water partition coefficient (Wildman–Crippen LogP) is 1.81. The number of likely N-dealkylation sites (tertiary alicyclic amines) is 1. The Morgan fingerprint density at radius 2 is 2.42 bits per heavy atom. The number of rotatable bonds is 2. The van der Waals surface area contributed by atoms with E-state index in [0.29, 0.717) is 12.0 Å². The molecule has 1 atom stereocenters. The summed E-state index contributed by atoms with van der Waals surface area (Å²) in [7, 11) is 0. The Bertz CT molecular complexity index is 503. The Balaban J connectivity index is 2.27. The molecule has 1 aromatic rings. The van der Waals surface area contributed by atoms with Crippen molar-refractivity contribution in [3.05, 3.63) is 28.4 Å². The lowest BCUT2D eigenvalue weighted by molar-refractivity contribution is -0.384. The minimum atomic E-state index is -0.501. The molecule has 2 heterocycles. The van der Waals surface area contributed by atoms with Crippen LogP contribution in [0.3, 0.4) is 0 Å². The third-order valence-electron chi connectivity index (χ3n) is 3.28. The van der Waals surface area contributed by atoms with Crippen molar-refractivity contribution in [2.75, 3.05) is 6.54 Å². The summed E-state index contributed by atoms with van der Waals surface area (Å²) in [6, 6.07) is 3.19. The molecule has 0 saturated carbocycles. The lowest BCUT2D eigenvalue weighted by atomic mass is 10.0. The van der Waals surface area contributed by atoms with Gasteiger partial charge in [-0.25, -0.2) is 4.98 Å². The van der Waals surface area contributed by atoms with Crippen LogP contribution in [0, 0.1) is 10.1 Å². The second-order valence-corrected chi connectivity index (χ2v) is 4.61. The van der Waals surface area contributed by atoms with E-state index >= 15 is 0 Å². The van der Waals surface area contributed by atoms with Crippen LogP contribution in [-0.4, -0.2) is 33.4 Å². The second kappa shape index (κ2) is 5.64. The zero-order valence-electron chi connectivity index (χ0n) is 10.8. The highest BCUT2D eigenvalue weighted by atomic mass is 16.6. The van der Waals surface area contributed by atoms with E-state index in [1.165, 1.54) is 24.8 Å². The van der Waals surface area contributed by atoms with Crippen LogP contribution in [0.4, 0.5) is 11.5 Å². The van der Waals surface area contributed by atoms with Gasteiger partial charge in [0.25, 0.3) is 0 Å². The Labute approximate surface area is 111 Å². The molecule has 1 saturated heterocycles. The number of hydrogen-bond donors (Lipinski definition) is 1. The van der Waals surface area contributed by atoms with Crippen molar-refractivity contribution in [3.63, 3.8) is 0 Å². The average Bonchev–Trinajstić information content (AvgIpc) is 2.39. The molecule has 102 valence electrons. The summed E-state index contributed by atoms with van der Waals surface area (Å²) in [4.78, 5) is 20.4. The van der Waals surface area contributed by atoms with Crippen molar-refractivity contribution in [2.24, 2.45) is 10.7 Å². The van der Waals surface area contributed by atoms with Crippen LogP contribution in [0.5, 0.6) is 0 Å². The average molecular weight is 263 g/mol. The third kappa shape index (κ3) is 2.98. The van der Waals surface area contributed by atoms with Crippen molar-refractivity contribution < 1.29 is 4.92 Å². The van der Waals surface area contributed by atoms with E-state index in [4.69, 9.17) is 5.73 Å². The fourth-order valence-corrected chi connectivity index (χ4v) is 2.23. The van der Waals surface area contributed by atoms with Gasteiger partial charge in [-0.2, -0.15) is 4.99 Å². The topological polar surface area (TPSA) is 97.7 Å². The first-order valence-electron chi connectivity index (χ1n) is 6.30. The number of nitro groups is 1. The zero-order chi connectivity index (χ0) is 13.8. The van der Waals surface area contributed by atoms with Crippen LogP contribution in [0.1, 0.15) is 26.2 Å². The van der Waals surface area contributed by atoms with Gasteiger partial charge in [-0.15, -0.1) is 0 Å². The first-order valence-corrected chi connectivity index (χ1v) is 6.30. The van der Waals surface area contributed by atoms with Gasteiger partial charge in [0.15, 0.2) is 5.96 Å². The molecule has 0 amide bonds. The van der Waals surface area contributed by atoms with Gasteiger partial charge in [0, 0.05) is 24.8 Å². The lowest BCUT2D eigenvalue weighted by Crippen LogP contribution is -2.46. The number of piperidine rings is 1. The largest absolute Gasteiger partial charge is 0.369 e. The molecule has 1 fully saturated rings. The van der Waals surface area contributed by atoms with E-state index in [-0.39, 0.29) is 11.5 Å². The fourth-order valence-electron chi connectivity index (χ4n) is 2.23. The van der Waals surface area contributed by atoms with Crippen molar-refractivity contribution in [3.8, 4) is 0 Å². The summed E-state index contributed by atoms with van der Waals surface area (Å²) in [5.41, 5.74) is 5.82. The van der Waals surface area contributed by atoms with Gasteiger partial charge >= 0.3 is 5.69 Å². The molecule has 0 spiro atoms. The highest BCUT2D eigenvalue weighted by Gasteiger charge is 2.21. The summed E-state index contributed by atoms with van der Waals surface area (Å²) >= 11 is 0. The summed E-state index contributed by atoms with van der Waals surface area (Å²) in [6.45, 7) is 2.91. The van der Waals surface area contributed by atoms with Gasteiger partial charge in [0.2, 0.25) is 5.82 Å². The molecule has 0 aliphatic carbocycles. The van der Waals surface area contributed by atoms with Crippen LogP contribution >= 0.6 is 0 Å². The zero-order valence-corrected chi connectivity index (χ0v) is 10.8.